The third-order valence-electron chi connectivity index (χ3n) is 4.18. The average Bonchev–Trinajstić information content (AvgIpc) is 3.25. The number of carbonyl (C=O) groups is 1. The van der Waals surface area contributed by atoms with Gasteiger partial charge in [-0.3, -0.25) is 9.78 Å². The Morgan fingerprint density at radius 3 is 2.96 bits per heavy atom. The molecule has 1 aliphatic heterocycles. The first kappa shape index (κ1) is 15.7. The first-order valence-corrected chi connectivity index (χ1v) is 8.83. The van der Waals surface area contributed by atoms with Gasteiger partial charge in [-0.25, -0.2) is 0 Å². The molecule has 1 amide bonds. The van der Waals surface area contributed by atoms with Crippen molar-refractivity contribution >= 4 is 22.9 Å². The number of amides is 1. The van der Waals surface area contributed by atoms with Gasteiger partial charge >= 0.3 is 0 Å². The maximum atomic E-state index is 12.9. The lowest BCUT2D eigenvalue weighted by Gasteiger charge is -2.26. The van der Waals surface area contributed by atoms with E-state index in [-0.39, 0.29) is 12.1 Å². The fraction of sp³-hybridized carbons (Fsp3) is 0.158. The van der Waals surface area contributed by atoms with E-state index in [1.54, 1.807) is 30.7 Å². The van der Waals surface area contributed by atoms with Crippen LogP contribution in [0.1, 0.15) is 27.1 Å². The monoisotopic (exact) mass is 351 g/mol. The van der Waals surface area contributed by atoms with Crippen molar-refractivity contribution < 1.29 is 9.53 Å². The summed E-state index contributed by atoms with van der Waals surface area (Å²) in [5.41, 5.74) is 2.29. The van der Waals surface area contributed by atoms with Gasteiger partial charge in [-0.1, -0.05) is 12.1 Å². The summed E-state index contributed by atoms with van der Waals surface area (Å²) < 4.78 is 5.29. The van der Waals surface area contributed by atoms with Gasteiger partial charge in [-0.05, 0) is 35.7 Å². The van der Waals surface area contributed by atoms with E-state index in [4.69, 9.17) is 4.74 Å². The highest BCUT2D eigenvalue weighted by atomic mass is 32.1. The standard InChI is InChI=1S/C19H17N3O2S/c1-24-14-6-2-5-13(11-14)21-18-17-16(8-3-9-20-17)19(23)22(18)12-15-7-4-10-25-15/h2-11,18,21H,12H2,1H3. The number of fused-ring (bicyclic) bond motifs is 1. The topological polar surface area (TPSA) is 54.5 Å². The Labute approximate surface area is 149 Å². The number of nitrogens with one attached hydrogen (secondary N) is 1. The molecule has 0 saturated carbocycles. The molecule has 0 aliphatic carbocycles. The Kier molecular flexibility index (Phi) is 4.11. The molecule has 2 aromatic heterocycles. The zero-order valence-corrected chi connectivity index (χ0v) is 14.5. The Morgan fingerprint density at radius 1 is 1.24 bits per heavy atom. The number of methoxy groups -OCH3 is 1. The fourth-order valence-electron chi connectivity index (χ4n) is 2.99. The lowest BCUT2D eigenvalue weighted by molar-refractivity contribution is 0.0729. The van der Waals surface area contributed by atoms with Gasteiger partial charge in [0.05, 0.1) is 24.9 Å². The zero-order chi connectivity index (χ0) is 17.2. The molecule has 0 radical (unpaired) electrons. The van der Waals surface area contributed by atoms with Crippen LogP contribution >= 0.6 is 11.3 Å². The lowest BCUT2D eigenvalue weighted by atomic mass is 10.2. The highest BCUT2D eigenvalue weighted by Crippen LogP contribution is 2.35. The van der Waals surface area contributed by atoms with E-state index in [0.717, 1.165) is 22.0 Å². The predicted octanol–water partition coefficient (Wildman–Crippen LogP) is 3.92. The molecule has 1 unspecified atom stereocenters. The number of pyridine rings is 1. The van der Waals surface area contributed by atoms with Crippen LogP contribution < -0.4 is 10.1 Å². The van der Waals surface area contributed by atoms with Crippen LogP contribution in [-0.4, -0.2) is 22.9 Å². The summed E-state index contributed by atoms with van der Waals surface area (Å²) in [5.74, 6) is 0.761. The second-order valence-corrected chi connectivity index (χ2v) is 6.76. The molecule has 1 N–H and O–H groups in total. The molecule has 0 spiro atoms. The van der Waals surface area contributed by atoms with Crippen LogP contribution in [0.25, 0.3) is 0 Å². The first-order chi connectivity index (χ1) is 12.3. The molecule has 1 aliphatic rings. The van der Waals surface area contributed by atoms with Gasteiger partial charge in [-0.15, -0.1) is 11.3 Å². The molecule has 126 valence electrons. The van der Waals surface area contributed by atoms with Crippen LogP contribution in [0.3, 0.4) is 0 Å². The molecule has 0 fully saturated rings. The highest BCUT2D eigenvalue weighted by Gasteiger charge is 2.38. The first-order valence-electron chi connectivity index (χ1n) is 7.95. The molecule has 3 aromatic rings. The van der Waals surface area contributed by atoms with Crippen molar-refractivity contribution in [3.8, 4) is 5.75 Å². The summed E-state index contributed by atoms with van der Waals surface area (Å²) >= 11 is 1.64. The average molecular weight is 351 g/mol. The number of nitrogens with zero attached hydrogens (tertiary/aromatic N) is 2. The van der Waals surface area contributed by atoms with Crippen molar-refractivity contribution in [2.45, 2.75) is 12.7 Å². The Hall–Kier alpha value is -2.86. The predicted molar refractivity (Wildman–Crippen MR) is 97.8 cm³/mol. The maximum absolute atomic E-state index is 12.9. The molecular weight excluding hydrogens is 334 g/mol. The number of ether oxygens (including phenoxy) is 1. The van der Waals surface area contributed by atoms with Gasteiger partial charge in [0.2, 0.25) is 0 Å². The van der Waals surface area contributed by atoms with Gasteiger partial charge in [0.15, 0.2) is 0 Å². The SMILES string of the molecule is COc1cccc(NC2c3ncccc3C(=O)N2Cc2cccs2)c1. The summed E-state index contributed by atoms with van der Waals surface area (Å²) in [6.07, 6.45) is 1.42. The van der Waals surface area contributed by atoms with Gasteiger partial charge in [-0.2, -0.15) is 0 Å². The smallest absolute Gasteiger partial charge is 0.258 e. The van der Waals surface area contributed by atoms with Crippen LogP contribution in [0, 0.1) is 0 Å². The molecule has 6 heteroatoms. The maximum Gasteiger partial charge on any atom is 0.258 e. The van der Waals surface area contributed by atoms with Crippen molar-refractivity contribution in [3.05, 3.63) is 76.2 Å². The summed E-state index contributed by atoms with van der Waals surface area (Å²) in [7, 11) is 1.64. The molecule has 1 aromatic carbocycles. The third kappa shape index (κ3) is 2.96. The van der Waals surface area contributed by atoms with Crippen molar-refractivity contribution in [3.63, 3.8) is 0 Å². The van der Waals surface area contributed by atoms with Crippen molar-refractivity contribution in [1.29, 1.82) is 0 Å². The third-order valence-corrected chi connectivity index (χ3v) is 5.04. The van der Waals surface area contributed by atoms with E-state index < -0.39 is 0 Å². The van der Waals surface area contributed by atoms with E-state index in [1.807, 2.05) is 52.7 Å². The number of thiophene rings is 1. The molecular formula is C19H17N3O2S. The highest BCUT2D eigenvalue weighted by molar-refractivity contribution is 7.09. The minimum atomic E-state index is -0.307. The number of anilines is 1. The largest absolute Gasteiger partial charge is 0.497 e. The molecule has 0 saturated heterocycles. The zero-order valence-electron chi connectivity index (χ0n) is 13.7. The van der Waals surface area contributed by atoms with Gasteiger partial charge in [0, 0.05) is 22.8 Å². The van der Waals surface area contributed by atoms with Gasteiger partial charge < -0.3 is 15.0 Å². The molecule has 25 heavy (non-hydrogen) atoms. The van der Waals surface area contributed by atoms with Crippen LogP contribution in [0.5, 0.6) is 5.75 Å². The number of carbonyl (C=O) groups excluding carboxylic acids is 1. The quantitative estimate of drug-likeness (QED) is 0.757. The Morgan fingerprint density at radius 2 is 2.16 bits per heavy atom. The van der Waals surface area contributed by atoms with E-state index in [9.17, 15) is 4.79 Å². The molecule has 0 bridgehead atoms. The second-order valence-electron chi connectivity index (χ2n) is 5.73. The van der Waals surface area contributed by atoms with Crippen molar-refractivity contribution in [1.82, 2.24) is 9.88 Å². The Balaban J connectivity index is 1.68. The summed E-state index contributed by atoms with van der Waals surface area (Å²) in [6, 6.07) is 15.3. The minimum Gasteiger partial charge on any atom is -0.497 e. The lowest BCUT2D eigenvalue weighted by Crippen LogP contribution is -2.31. The summed E-state index contributed by atoms with van der Waals surface area (Å²) in [4.78, 5) is 20.3. The van der Waals surface area contributed by atoms with E-state index in [0.29, 0.717) is 12.1 Å². The Bertz CT molecular complexity index is 895. The molecule has 1 atom stereocenters. The molecule has 4 rings (SSSR count). The fourth-order valence-corrected chi connectivity index (χ4v) is 3.69. The van der Waals surface area contributed by atoms with Crippen molar-refractivity contribution in [2.75, 3.05) is 12.4 Å². The minimum absolute atomic E-state index is 0.00287. The number of benzene rings is 1. The van der Waals surface area contributed by atoms with E-state index in [2.05, 4.69) is 10.3 Å². The normalized spacial score (nSPS) is 16.0. The van der Waals surface area contributed by atoms with Gasteiger partial charge in [0.1, 0.15) is 11.9 Å². The molecule has 3 heterocycles. The number of aromatic nitrogens is 1. The molecule has 5 nitrogen and oxygen atoms in total. The van der Waals surface area contributed by atoms with Crippen LogP contribution in [0.4, 0.5) is 5.69 Å². The van der Waals surface area contributed by atoms with Crippen LogP contribution in [0.15, 0.2) is 60.1 Å². The number of hydrogen-bond donors (Lipinski definition) is 1. The number of hydrogen-bond acceptors (Lipinski definition) is 5. The van der Waals surface area contributed by atoms with Crippen LogP contribution in [0.2, 0.25) is 0 Å². The van der Waals surface area contributed by atoms with Crippen molar-refractivity contribution in [2.24, 2.45) is 0 Å². The summed E-state index contributed by atoms with van der Waals surface area (Å²) in [5, 5.41) is 5.45. The van der Waals surface area contributed by atoms with Crippen LogP contribution in [-0.2, 0) is 6.54 Å². The van der Waals surface area contributed by atoms with Gasteiger partial charge in [0.25, 0.3) is 5.91 Å². The van der Waals surface area contributed by atoms with E-state index >= 15 is 0 Å². The number of rotatable bonds is 5. The summed E-state index contributed by atoms with van der Waals surface area (Å²) in [6.45, 7) is 0.550. The second kappa shape index (κ2) is 6.57. The van der Waals surface area contributed by atoms with E-state index in [1.165, 1.54) is 0 Å².